The van der Waals surface area contributed by atoms with Gasteiger partial charge in [0.1, 0.15) is 19.0 Å². The first-order valence-corrected chi connectivity index (χ1v) is 9.78. The Hall–Kier alpha value is -2.83. The molecule has 1 amide bonds. The fraction of sp³-hybridized carbons (Fsp3) is 0.476. The minimum absolute atomic E-state index is 0.0406. The van der Waals surface area contributed by atoms with Crippen molar-refractivity contribution >= 4 is 5.91 Å². The third-order valence-electron chi connectivity index (χ3n) is 5.45. The standard InChI is InChI=1S/C21H25N3O4/c1-13-16(21(26)23-14(2)22-13)6-8-20(25)24-9-3-4-17(24)15-5-7-18-19(12-15)28-11-10-27-18/h5,7,12,17H,3-4,6,8-11H2,1-2H3,(H,22,23,26). The Balaban J connectivity index is 1.48. The number of nitrogens with one attached hydrogen (secondary N) is 1. The number of aromatic nitrogens is 2. The fourth-order valence-electron chi connectivity index (χ4n) is 4.10. The molecular weight excluding hydrogens is 358 g/mol. The van der Waals surface area contributed by atoms with Gasteiger partial charge in [0.25, 0.3) is 5.56 Å². The minimum atomic E-state index is -0.150. The fourth-order valence-corrected chi connectivity index (χ4v) is 4.10. The van der Waals surface area contributed by atoms with Gasteiger partial charge in [0.15, 0.2) is 11.5 Å². The summed E-state index contributed by atoms with van der Waals surface area (Å²) in [5.41, 5.74) is 2.21. The lowest BCUT2D eigenvalue weighted by atomic mass is 10.0. The van der Waals surface area contributed by atoms with Gasteiger partial charge >= 0.3 is 0 Å². The van der Waals surface area contributed by atoms with Gasteiger partial charge in [-0.2, -0.15) is 0 Å². The summed E-state index contributed by atoms with van der Waals surface area (Å²) in [7, 11) is 0. The van der Waals surface area contributed by atoms with Crippen molar-refractivity contribution in [2.24, 2.45) is 0 Å². The number of benzene rings is 1. The Bertz CT molecular complexity index is 953. The van der Waals surface area contributed by atoms with Crippen LogP contribution < -0.4 is 15.0 Å². The van der Waals surface area contributed by atoms with E-state index in [9.17, 15) is 9.59 Å². The van der Waals surface area contributed by atoms with Crippen molar-refractivity contribution in [3.8, 4) is 11.5 Å². The van der Waals surface area contributed by atoms with E-state index in [4.69, 9.17) is 9.47 Å². The molecule has 2 aliphatic rings. The number of carbonyl (C=O) groups excluding carboxylic acids is 1. The van der Waals surface area contributed by atoms with E-state index in [1.165, 1.54) is 0 Å². The molecule has 1 atom stereocenters. The number of carbonyl (C=O) groups is 1. The van der Waals surface area contributed by atoms with Gasteiger partial charge in [-0.3, -0.25) is 9.59 Å². The van der Waals surface area contributed by atoms with E-state index >= 15 is 0 Å². The van der Waals surface area contributed by atoms with Crippen molar-refractivity contribution in [3.63, 3.8) is 0 Å². The van der Waals surface area contributed by atoms with E-state index in [0.29, 0.717) is 43.1 Å². The van der Waals surface area contributed by atoms with Crippen molar-refractivity contribution in [2.45, 2.75) is 45.6 Å². The highest BCUT2D eigenvalue weighted by Gasteiger charge is 2.30. The summed E-state index contributed by atoms with van der Waals surface area (Å²) < 4.78 is 11.3. The number of aromatic amines is 1. The number of amides is 1. The van der Waals surface area contributed by atoms with Crippen LogP contribution in [-0.4, -0.2) is 40.5 Å². The molecule has 1 aromatic carbocycles. The van der Waals surface area contributed by atoms with Gasteiger partial charge in [-0.25, -0.2) is 4.98 Å². The molecule has 1 fully saturated rings. The molecule has 7 heteroatoms. The van der Waals surface area contributed by atoms with E-state index in [-0.39, 0.29) is 17.5 Å². The Kier molecular flexibility index (Phi) is 5.07. The van der Waals surface area contributed by atoms with E-state index in [0.717, 1.165) is 36.4 Å². The summed E-state index contributed by atoms with van der Waals surface area (Å²) in [6.45, 7) is 5.41. The number of nitrogens with zero attached hydrogens (tertiary/aromatic N) is 2. The maximum atomic E-state index is 12.9. The van der Waals surface area contributed by atoms with Crippen LogP contribution in [0, 0.1) is 13.8 Å². The van der Waals surface area contributed by atoms with Gasteiger partial charge in [0, 0.05) is 24.2 Å². The molecule has 1 saturated heterocycles. The van der Waals surface area contributed by atoms with E-state index in [1.54, 1.807) is 6.92 Å². The zero-order valence-electron chi connectivity index (χ0n) is 16.3. The lowest BCUT2D eigenvalue weighted by Crippen LogP contribution is -2.31. The van der Waals surface area contributed by atoms with Crippen molar-refractivity contribution in [3.05, 3.63) is 51.2 Å². The average Bonchev–Trinajstić information content (AvgIpc) is 3.16. The molecule has 1 unspecified atom stereocenters. The molecule has 148 valence electrons. The van der Waals surface area contributed by atoms with Crippen LogP contribution in [0.25, 0.3) is 0 Å². The second-order valence-electron chi connectivity index (χ2n) is 7.36. The molecule has 0 spiro atoms. The number of aryl methyl sites for hydroxylation is 2. The van der Waals surface area contributed by atoms with Crippen LogP contribution in [0.5, 0.6) is 11.5 Å². The van der Waals surface area contributed by atoms with Crippen molar-refractivity contribution in [1.29, 1.82) is 0 Å². The van der Waals surface area contributed by atoms with E-state index in [2.05, 4.69) is 9.97 Å². The Labute approximate surface area is 163 Å². The monoisotopic (exact) mass is 383 g/mol. The highest BCUT2D eigenvalue weighted by Crippen LogP contribution is 2.38. The number of likely N-dealkylation sites (tertiary alicyclic amines) is 1. The predicted molar refractivity (Wildman–Crippen MR) is 104 cm³/mol. The second-order valence-corrected chi connectivity index (χ2v) is 7.36. The normalized spacial score (nSPS) is 18.4. The van der Waals surface area contributed by atoms with Gasteiger partial charge in [-0.15, -0.1) is 0 Å². The maximum absolute atomic E-state index is 12.9. The largest absolute Gasteiger partial charge is 0.486 e. The molecule has 2 aromatic rings. The zero-order chi connectivity index (χ0) is 19.7. The number of hydrogen-bond acceptors (Lipinski definition) is 5. The Morgan fingerprint density at radius 3 is 2.82 bits per heavy atom. The van der Waals surface area contributed by atoms with Crippen LogP contribution in [0.1, 0.15) is 47.9 Å². The zero-order valence-corrected chi connectivity index (χ0v) is 16.3. The van der Waals surface area contributed by atoms with Gasteiger partial charge in [-0.1, -0.05) is 6.07 Å². The first-order chi connectivity index (χ1) is 13.5. The Morgan fingerprint density at radius 1 is 1.25 bits per heavy atom. The first kappa shape index (κ1) is 18.5. The summed E-state index contributed by atoms with van der Waals surface area (Å²) in [6, 6.07) is 5.97. The topological polar surface area (TPSA) is 84.5 Å². The summed E-state index contributed by atoms with van der Waals surface area (Å²) in [4.78, 5) is 34.0. The number of ether oxygens (including phenoxy) is 2. The number of hydrogen-bond donors (Lipinski definition) is 1. The predicted octanol–water partition coefficient (Wildman–Crippen LogP) is 2.45. The summed E-state index contributed by atoms with van der Waals surface area (Å²) in [6.07, 6.45) is 2.60. The van der Waals surface area contributed by atoms with Crippen molar-refractivity contribution in [1.82, 2.24) is 14.9 Å². The molecule has 7 nitrogen and oxygen atoms in total. The summed E-state index contributed by atoms with van der Waals surface area (Å²) in [5, 5.41) is 0. The lowest BCUT2D eigenvalue weighted by molar-refractivity contribution is -0.132. The van der Waals surface area contributed by atoms with Crippen LogP contribution >= 0.6 is 0 Å². The maximum Gasteiger partial charge on any atom is 0.254 e. The van der Waals surface area contributed by atoms with Gasteiger partial charge < -0.3 is 19.4 Å². The number of fused-ring (bicyclic) bond motifs is 1. The van der Waals surface area contributed by atoms with Gasteiger partial charge in [-0.05, 0) is 50.8 Å². The van der Waals surface area contributed by atoms with Gasteiger partial charge in [0.05, 0.1) is 6.04 Å². The summed E-state index contributed by atoms with van der Waals surface area (Å²) in [5.74, 6) is 2.16. The average molecular weight is 383 g/mol. The molecule has 0 radical (unpaired) electrons. The third kappa shape index (κ3) is 3.61. The molecule has 2 aliphatic heterocycles. The highest BCUT2D eigenvalue weighted by atomic mass is 16.6. The second kappa shape index (κ2) is 7.66. The molecule has 28 heavy (non-hydrogen) atoms. The molecule has 0 saturated carbocycles. The van der Waals surface area contributed by atoms with Crippen LogP contribution in [0.4, 0.5) is 0 Å². The van der Waals surface area contributed by atoms with E-state index in [1.807, 2.05) is 30.0 Å². The molecule has 3 heterocycles. The molecule has 4 rings (SSSR count). The molecular formula is C21H25N3O4. The minimum Gasteiger partial charge on any atom is -0.486 e. The van der Waals surface area contributed by atoms with Crippen LogP contribution in [0.15, 0.2) is 23.0 Å². The smallest absolute Gasteiger partial charge is 0.254 e. The third-order valence-corrected chi connectivity index (χ3v) is 5.45. The van der Waals surface area contributed by atoms with Crippen LogP contribution in [-0.2, 0) is 11.2 Å². The lowest BCUT2D eigenvalue weighted by Gasteiger charge is -2.27. The quantitative estimate of drug-likeness (QED) is 0.877. The van der Waals surface area contributed by atoms with Crippen molar-refractivity contribution in [2.75, 3.05) is 19.8 Å². The van der Waals surface area contributed by atoms with E-state index < -0.39 is 0 Å². The van der Waals surface area contributed by atoms with Crippen LogP contribution in [0.3, 0.4) is 0 Å². The molecule has 0 bridgehead atoms. The highest BCUT2D eigenvalue weighted by molar-refractivity contribution is 5.77. The first-order valence-electron chi connectivity index (χ1n) is 9.78. The molecule has 0 aliphatic carbocycles. The van der Waals surface area contributed by atoms with Gasteiger partial charge in [0.2, 0.25) is 5.91 Å². The summed E-state index contributed by atoms with van der Waals surface area (Å²) >= 11 is 0. The Morgan fingerprint density at radius 2 is 2.04 bits per heavy atom. The molecule has 1 aromatic heterocycles. The SMILES string of the molecule is Cc1nc(C)c(CCC(=O)N2CCCC2c2ccc3c(c2)OCCO3)c(=O)[nH]1. The van der Waals surface area contributed by atoms with Crippen molar-refractivity contribution < 1.29 is 14.3 Å². The molecule has 1 N–H and O–H groups in total. The number of H-pyrrole nitrogens is 1. The number of rotatable bonds is 4. The van der Waals surface area contributed by atoms with Crippen LogP contribution in [0.2, 0.25) is 0 Å².